The number of carboxylic acid groups (broad SMARTS) is 1. The van der Waals surface area contributed by atoms with E-state index in [4.69, 9.17) is 0 Å². The first-order valence-electron chi connectivity index (χ1n) is 7.26. The molecule has 2 N–H and O–H groups in total. The van der Waals surface area contributed by atoms with Gasteiger partial charge in [-0.15, -0.1) is 0 Å². The van der Waals surface area contributed by atoms with Gasteiger partial charge in [-0.05, 0) is 52.4 Å². The second kappa shape index (κ2) is 5.49. The van der Waals surface area contributed by atoms with Crippen LogP contribution in [0.5, 0.6) is 0 Å². The Morgan fingerprint density at radius 3 is 2.21 bits per heavy atom. The van der Waals surface area contributed by atoms with Crippen LogP contribution < -0.4 is 5.32 Å². The van der Waals surface area contributed by atoms with Crippen molar-refractivity contribution in [2.45, 2.75) is 70.0 Å². The van der Waals surface area contributed by atoms with Crippen LogP contribution in [-0.2, 0) is 9.59 Å². The summed E-state index contributed by atoms with van der Waals surface area (Å²) in [5, 5.41) is 12.2. The lowest BCUT2D eigenvalue weighted by Crippen LogP contribution is -2.60. The summed E-state index contributed by atoms with van der Waals surface area (Å²) in [5.74, 6) is -0.793. The Kier molecular flexibility index (Phi) is 4.13. The lowest BCUT2D eigenvalue weighted by molar-refractivity contribution is -0.149. The van der Waals surface area contributed by atoms with Crippen molar-refractivity contribution in [1.29, 1.82) is 0 Å². The topological polar surface area (TPSA) is 69.6 Å². The molecule has 0 aromatic rings. The van der Waals surface area contributed by atoms with Crippen LogP contribution in [0.15, 0.2) is 0 Å². The minimum absolute atomic E-state index is 0.0345. The summed E-state index contributed by atoms with van der Waals surface area (Å²) in [5.41, 5.74) is -0.849. The van der Waals surface area contributed by atoms with E-state index in [-0.39, 0.29) is 24.5 Å². The van der Waals surface area contributed by atoms with Crippen molar-refractivity contribution in [3.63, 3.8) is 0 Å². The molecule has 1 heterocycles. The molecule has 0 spiro atoms. The van der Waals surface area contributed by atoms with E-state index in [9.17, 15) is 14.7 Å². The summed E-state index contributed by atoms with van der Waals surface area (Å²) in [6.45, 7) is 4.29. The number of carbonyl (C=O) groups excluding carboxylic acids is 1. The number of aliphatic carboxylic acids is 1. The fourth-order valence-corrected chi connectivity index (χ4v) is 3.25. The molecule has 0 radical (unpaired) electrons. The molecule has 2 aliphatic rings. The summed E-state index contributed by atoms with van der Waals surface area (Å²) in [6, 6.07) is 0.528. The Balaban J connectivity index is 1.91. The molecule has 1 aliphatic carbocycles. The normalized spacial score (nSPS) is 29.7. The van der Waals surface area contributed by atoms with Gasteiger partial charge in [-0.3, -0.25) is 14.9 Å². The quantitative estimate of drug-likeness (QED) is 0.808. The highest BCUT2D eigenvalue weighted by Crippen LogP contribution is 2.32. The molecule has 1 amide bonds. The van der Waals surface area contributed by atoms with Crippen LogP contribution in [-0.4, -0.2) is 46.1 Å². The van der Waals surface area contributed by atoms with Crippen LogP contribution in [0.25, 0.3) is 0 Å². The van der Waals surface area contributed by atoms with Crippen LogP contribution in [0.2, 0.25) is 0 Å². The number of nitrogens with zero attached hydrogens (tertiary/aromatic N) is 1. The molecule has 0 aromatic heterocycles. The molecule has 5 nitrogen and oxygen atoms in total. The van der Waals surface area contributed by atoms with Crippen molar-refractivity contribution in [3.8, 4) is 0 Å². The van der Waals surface area contributed by atoms with E-state index in [1.54, 1.807) is 0 Å². The molecule has 2 fully saturated rings. The van der Waals surface area contributed by atoms with Crippen LogP contribution in [0.3, 0.4) is 0 Å². The molecule has 2 rings (SSSR count). The zero-order valence-electron chi connectivity index (χ0n) is 11.8. The Labute approximate surface area is 114 Å². The van der Waals surface area contributed by atoms with Gasteiger partial charge in [0.15, 0.2) is 0 Å². The monoisotopic (exact) mass is 268 g/mol. The van der Waals surface area contributed by atoms with Gasteiger partial charge in [0.2, 0.25) is 5.91 Å². The van der Waals surface area contributed by atoms with Gasteiger partial charge in [-0.25, -0.2) is 0 Å². The van der Waals surface area contributed by atoms with Crippen molar-refractivity contribution >= 4 is 11.9 Å². The predicted molar refractivity (Wildman–Crippen MR) is 71.8 cm³/mol. The summed E-state index contributed by atoms with van der Waals surface area (Å²) in [6.07, 6.45) is 5.42. The van der Waals surface area contributed by atoms with Crippen LogP contribution in [0.4, 0.5) is 0 Å². The Hall–Kier alpha value is -1.10. The van der Waals surface area contributed by atoms with Gasteiger partial charge in [0.05, 0.1) is 6.54 Å². The van der Waals surface area contributed by atoms with E-state index in [0.29, 0.717) is 12.8 Å². The molecular formula is C14H24N2O3. The van der Waals surface area contributed by atoms with Crippen molar-refractivity contribution < 1.29 is 14.7 Å². The summed E-state index contributed by atoms with van der Waals surface area (Å²) in [4.78, 5) is 25.5. The zero-order valence-corrected chi connectivity index (χ0v) is 11.8. The summed E-state index contributed by atoms with van der Waals surface area (Å²) < 4.78 is 0. The molecule has 0 aromatic carbocycles. The minimum atomic E-state index is -0.849. The lowest BCUT2D eigenvalue weighted by atomic mass is 9.77. The molecule has 1 saturated carbocycles. The number of amides is 1. The number of hydrogen-bond donors (Lipinski definition) is 2. The second-order valence-corrected chi connectivity index (χ2v) is 6.02. The fourth-order valence-electron chi connectivity index (χ4n) is 3.25. The number of likely N-dealkylation sites (tertiary alicyclic amines) is 1. The first kappa shape index (κ1) is 14.3. The third kappa shape index (κ3) is 2.76. The van der Waals surface area contributed by atoms with Crippen molar-refractivity contribution in [1.82, 2.24) is 10.2 Å². The Bertz CT molecular complexity index is 356. The zero-order chi connectivity index (χ0) is 14.0. The maximum atomic E-state index is 12.3. The molecule has 1 aliphatic heterocycles. The van der Waals surface area contributed by atoms with E-state index in [1.807, 2.05) is 4.90 Å². The number of carbonyl (C=O) groups is 2. The molecule has 108 valence electrons. The van der Waals surface area contributed by atoms with E-state index < -0.39 is 11.5 Å². The third-order valence-corrected chi connectivity index (χ3v) is 4.68. The molecular weight excluding hydrogens is 244 g/mol. The average molecular weight is 268 g/mol. The molecule has 5 heteroatoms. The smallest absolute Gasteiger partial charge is 0.323 e. The van der Waals surface area contributed by atoms with Gasteiger partial charge < -0.3 is 10.0 Å². The highest BCUT2D eigenvalue weighted by Gasteiger charge is 2.44. The molecule has 2 unspecified atom stereocenters. The van der Waals surface area contributed by atoms with Gasteiger partial charge in [-0.1, -0.05) is 0 Å². The lowest BCUT2D eigenvalue weighted by Gasteiger charge is -2.42. The maximum absolute atomic E-state index is 12.3. The fraction of sp³-hybridized carbons (Fsp3) is 0.857. The van der Waals surface area contributed by atoms with Crippen LogP contribution in [0.1, 0.15) is 52.4 Å². The Morgan fingerprint density at radius 1 is 1.21 bits per heavy atom. The highest BCUT2D eigenvalue weighted by atomic mass is 16.4. The van der Waals surface area contributed by atoms with Gasteiger partial charge in [0.25, 0.3) is 0 Å². The van der Waals surface area contributed by atoms with Crippen molar-refractivity contribution in [2.24, 2.45) is 0 Å². The number of carboxylic acids is 1. The van der Waals surface area contributed by atoms with Crippen LogP contribution in [0, 0.1) is 0 Å². The van der Waals surface area contributed by atoms with E-state index in [0.717, 1.165) is 19.3 Å². The second-order valence-electron chi connectivity index (χ2n) is 6.02. The SMILES string of the molecule is CC1CCCC(C)N1C(=O)CNC1(C(=O)O)CCC1. The maximum Gasteiger partial charge on any atom is 0.323 e. The van der Waals surface area contributed by atoms with Gasteiger partial charge in [0, 0.05) is 12.1 Å². The summed E-state index contributed by atoms with van der Waals surface area (Å²) in [7, 11) is 0. The first-order chi connectivity index (χ1) is 8.96. The van der Waals surface area contributed by atoms with Crippen LogP contribution >= 0.6 is 0 Å². The third-order valence-electron chi connectivity index (χ3n) is 4.68. The van der Waals surface area contributed by atoms with E-state index >= 15 is 0 Å². The largest absolute Gasteiger partial charge is 0.480 e. The van der Waals surface area contributed by atoms with Crippen molar-refractivity contribution in [2.75, 3.05) is 6.54 Å². The first-order valence-corrected chi connectivity index (χ1v) is 7.26. The number of rotatable bonds is 4. The van der Waals surface area contributed by atoms with E-state index in [1.165, 1.54) is 6.42 Å². The number of nitrogens with one attached hydrogen (secondary N) is 1. The van der Waals surface area contributed by atoms with Gasteiger partial charge in [0.1, 0.15) is 5.54 Å². The van der Waals surface area contributed by atoms with E-state index in [2.05, 4.69) is 19.2 Å². The van der Waals surface area contributed by atoms with Gasteiger partial charge >= 0.3 is 5.97 Å². The number of piperidine rings is 1. The standard InChI is InChI=1S/C14H24N2O3/c1-10-5-3-6-11(2)16(10)12(17)9-15-14(13(18)19)7-4-8-14/h10-11,15H,3-9H2,1-2H3,(H,18,19). The number of hydrogen-bond acceptors (Lipinski definition) is 3. The molecule has 2 atom stereocenters. The van der Waals surface area contributed by atoms with Gasteiger partial charge in [-0.2, -0.15) is 0 Å². The average Bonchev–Trinajstić information content (AvgIpc) is 2.26. The van der Waals surface area contributed by atoms with Crippen molar-refractivity contribution in [3.05, 3.63) is 0 Å². The molecule has 1 saturated heterocycles. The predicted octanol–water partition coefficient (Wildman–Crippen LogP) is 1.37. The Morgan fingerprint density at radius 2 is 1.79 bits per heavy atom. The summed E-state index contributed by atoms with van der Waals surface area (Å²) >= 11 is 0. The highest BCUT2D eigenvalue weighted by molar-refractivity contribution is 5.83. The molecule has 19 heavy (non-hydrogen) atoms. The molecule has 0 bridgehead atoms. The minimum Gasteiger partial charge on any atom is -0.480 e.